The summed E-state index contributed by atoms with van der Waals surface area (Å²) < 4.78 is 10.7. The lowest BCUT2D eigenvalue weighted by Crippen LogP contribution is -2.41. The summed E-state index contributed by atoms with van der Waals surface area (Å²) in [5.74, 6) is 1.36. The summed E-state index contributed by atoms with van der Waals surface area (Å²) in [7, 11) is 1.68. The summed E-state index contributed by atoms with van der Waals surface area (Å²) in [5, 5.41) is 3.23. The molecule has 0 radical (unpaired) electrons. The molecule has 0 aromatic heterocycles. The Kier molecular flexibility index (Phi) is 10.4. The molecule has 1 aliphatic rings. The van der Waals surface area contributed by atoms with Crippen LogP contribution >= 0.6 is 24.0 Å². The summed E-state index contributed by atoms with van der Waals surface area (Å²) >= 11 is 0. The zero-order valence-corrected chi connectivity index (χ0v) is 20.2. The highest BCUT2D eigenvalue weighted by atomic mass is 127. The van der Waals surface area contributed by atoms with Gasteiger partial charge in [0.05, 0.1) is 32.9 Å². The number of nitrogens with zero attached hydrogens (tertiary/aromatic N) is 2. The molecular formula is C23H33IN4O2. The van der Waals surface area contributed by atoms with E-state index >= 15 is 0 Å². The normalized spacial score (nSPS) is 15.9. The molecule has 2 aromatic carbocycles. The topological polar surface area (TPSA) is 72.1 Å². The van der Waals surface area contributed by atoms with E-state index in [1.807, 2.05) is 12.1 Å². The first-order valence-corrected chi connectivity index (χ1v) is 10.2. The lowest BCUT2D eigenvalue weighted by atomic mass is 10.0. The minimum absolute atomic E-state index is 0. The van der Waals surface area contributed by atoms with Crippen molar-refractivity contribution in [3.8, 4) is 5.75 Å². The summed E-state index contributed by atoms with van der Waals surface area (Å²) in [6.07, 6.45) is 0.880. The van der Waals surface area contributed by atoms with Crippen molar-refractivity contribution in [3.63, 3.8) is 0 Å². The molecule has 0 spiro atoms. The molecule has 2 aromatic rings. The second-order valence-electron chi connectivity index (χ2n) is 7.33. The van der Waals surface area contributed by atoms with Gasteiger partial charge in [-0.15, -0.1) is 24.0 Å². The summed E-state index contributed by atoms with van der Waals surface area (Å²) in [5.41, 5.74) is 9.92. The molecule has 7 heteroatoms. The Balaban J connectivity index is 0.00000320. The number of nitrogens with one attached hydrogen (secondary N) is 1. The fourth-order valence-electron chi connectivity index (χ4n) is 3.57. The number of halogens is 1. The summed E-state index contributed by atoms with van der Waals surface area (Å²) in [6, 6.07) is 16.9. The van der Waals surface area contributed by atoms with Gasteiger partial charge in [0.2, 0.25) is 0 Å². The quantitative estimate of drug-likeness (QED) is 0.316. The van der Waals surface area contributed by atoms with E-state index in [2.05, 4.69) is 58.5 Å². The molecule has 1 saturated heterocycles. The number of aliphatic imine (C=N–C) groups is 1. The van der Waals surface area contributed by atoms with E-state index < -0.39 is 0 Å². The highest BCUT2D eigenvalue weighted by molar-refractivity contribution is 14.0. The molecule has 0 aliphatic carbocycles. The number of ether oxygens (including phenoxy) is 2. The third-order valence-corrected chi connectivity index (χ3v) is 5.23. The molecule has 3 rings (SSSR count). The van der Waals surface area contributed by atoms with Gasteiger partial charge in [-0.2, -0.15) is 0 Å². The molecule has 0 bridgehead atoms. The van der Waals surface area contributed by atoms with Crippen LogP contribution in [0.15, 0.2) is 53.5 Å². The van der Waals surface area contributed by atoms with E-state index in [-0.39, 0.29) is 30.0 Å². The minimum atomic E-state index is 0. The van der Waals surface area contributed by atoms with Gasteiger partial charge in [-0.1, -0.05) is 42.0 Å². The number of aryl methyl sites for hydroxylation is 1. The van der Waals surface area contributed by atoms with Crippen molar-refractivity contribution in [2.75, 3.05) is 46.5 Å². The van der Waals surface area contributed by atoms with E-state index in [9.17, 15) is 0 Å². The van der Waals surface area contributed by atoms with Crippen LogP contribution in [0.2, 0.25) is 0 Å². The second kappa shape index (κ2) is 12.8. The van der Waals surface area contributed by atoms with Crippen LogP contribution in [0.1, 0.15) is 22.7 Å². The van der Waals surface area contributed by atoms with Crippen LogP contribution in [0.5, 0.6) is 5.75 Å². The van der Waals surface area contributed by atoms with Gasteiger partial charge in [-0.25, -0.2) is 0 Å². The third-order valence-electron chi connectivity index (χ3n) is 5.23. The van der Waals surface area contributed by atoms with Crippen LogP contribution in [-0.2, 0) is 11.2 Å². The van der Waals surface area contributed by atoms with Gasteiger partial charge in [0, 0.05) is 19.6 Å². The monoisotopic (exact) mass is 524 g/mol. The summed E-state index contributed by atoms with van der Waals surface area (Å²) in [4.78, 5) is 7.08. The Morgan fingerprint density at radius 3 is 2.60 bits per heavy atom. The maximum Gasteiger partial charge on any atom is 0.188 e. The van der Waals surface area contributed by atoms with Gasteiger partial charge >= 0.3 is 0 Å². The zero-order chi connectivity index (χ0) is 20.5. The van der Waals surface area contributed by atoms with Crippen molar-refractivity contribution in [2.24, 2.45) is 10.7 Å². The highest BCUT2D eigenvalue weighted by Crippen LogP contribution is 2.23. The molecular weight excluding hydrogens is 491 g/mol. The Morgan fingerprint density at radius 1 is 1.20 bits per heavy atom. The van der Waals surface area contributed by atoms with Crippen molar-refractivity contribution in [1.29, 1.82) is 0 Å². The molecule has 0 saturated carbocycles. The van der Waals surface area contributed by atoms with E-state index in [1.54, 1.807) is 7.11 Å². The van der Waals surface area contributed by atoms with Crippen LogP contribution in [0.3, 0.4) is 0 Å². The van der Waals surface area contributed by atoms with Crippen LogP contribution in [0, 0.1) is 6.92 Å². The average molecular weight is 524 g/mol. The first-order chi connectivity index (χ1) is 14.2. The van der Waals surface area contributed by atoms with Crippen molar-refractivity contribution < 1.29 is 9.47 Å². The molecule has 6 nitrogen and oxygen atoms in total. The van der Waals surface area contributed by atoms with Crippen molar-refractivity contribution in [3.05, 3.63) is 65.2 Å². The van der Waals surface area contributed by atoms with Gasteiger partial charge in [0.15, 0.2) is 5.96 Å². The number of methoxy groups -OCH3 is 1. The number of benzene rings is 2. The van der Waals surface area contributed by atoms with Gasteiger partial charge in [-0.05, 0) is 36.6 Å². The van der Waals surface area contributed by atoms with Crippen molar-refractivity contribution >= 4 is 29.9 Å². The molecule has 1 unspecified atom stereocenters. The highest BCUT2D eigenvalue weighted by Gasteiger charge is 2.22. The fourth-order valence-corrected chi connectivity index (χ4v) is 3.57. The molecule has 30 heavy (non-hydrogen) atoms. The predicted molar refractivity (Wildman–Crippen MR) is 133 cm³/mol. The predicted octanol–water partition coefficient (Wildman–Crippen LogP) is 3.14. The second-order valence-corrected chi connectivity index (χ2v) is 7.33. The van der Waals surface area contributed by atoms with E-state index in [4.69, 9.17) is 15.2 Å². The Labute approximate surface area is 196 Å². The Bertz CT molecular complexity index is 792. The van der Waals surface area contributed by atoms with Crippen molar-refractivity contribution in [1.82, 2.24) is 10.2 Å². The molecule has 1 aliphatic heterocycles. The van der Waals surface area contributed by atoms with Crippen LogP contribution < -0.4 is 15.8 Å². The molecule has 164 valence electrons. The van der Waals surface area contributed by atoms with Crippen LogP contribution in [-0.4, -0.2) is 57.4 Å². The van der Waals surface area contributed by atoms with Crippen LogP contribution in [0.4, 0.5) is 0 Å². The Hall–Kier alpha value is -1.84. The molecule has 3 N–H and O–H groups in total. The SMILES string of the molecule is COc1ccc(CCNC(N)=NCC(c2cccc(C)c2)N2CCOCC2)cc1.I. The van der Waals surface area contributed by atoms with Gasteiger partial charge in [-0.3, -0.25) is 9.89 Å². The average Bonchev–Trinajstić information content (AvgIpc) is 2.75. The number of hydrogen-bond donors (Lipinski definition) is 2. The number of rotatable bonds is 8. The summed E-state index contributed by atoms with van der Waals surface area (Å²) in [6.45, 7) is 6.86. The van der Waals surface area contributed by atoms with E-state index in [0.29, 0.717) is 12.5 Å². The third kappa shape index (κ3) is 7.45. The minimum Gasteiger partial charge on any atom is -0.497 e. The van der Waals surface area contributed by atoms with E-state index in [1.165, 1.54) is 16.7 Å². The molecule has 1 heterocycles. The molecule has 0 amide bonds. The first kappa shape index (κ1) is 24.4. The van der Waals surface area contributed by atoms with Gasteiger partial charge in [0.25, 0.3) is 0 Å². The first-order valence-electron chi connectivity index (χ1n) is 10.2. The number of hydrogen-bond acceptors (Lipinski definition) is 4. The van der Waals surface area contributed by atoms with Crippen molar-refractivity contribution in [2.45, 2.75) is 19.4 Å². The lowest BCUT2D eigenvalue weighted by molar-refractivity contribution is 0.0180. The maximum absolute atomic E-state index is 6.14. The fraction of sp³-hybridized carbons (Fsp3) is 0.435. The lowest BCUT2D eigenvalue weighted by Gasteiger charge is -2.34. The number of nitrogens with two attached hydrogens (primary N) is 1. The molecule has 1 fully saturated rings. The Morgan fingerprint density at radius 2 is 1.93 bits per heavy atom. The van der Waals surface area contributed by atoms with E-state index in [0.717, 1.165) is 45.0 Å². The van der Waals surface area contributed by atoms with Crippen LogP contribution in [0.25, 0.3) is 0 Å². The zero-order valence-electron chi connectivity index (χ0n) is 17.8. The maximum atomic E-state index is 6.14. The largest absolute Gasteiger partial charge is 0.497 e. The van der Waals surface area contributed by atoms with Gasteiger partial charge in [0.1, 0.15) is 5.75 Å². The number of morpholine rings is 1. The smallest absolute Gasteiger partial charge is 0.188 e. The number of guanidine groups is 1. The molecule has 1 atom stereocenters. The van der Waals surface area contributed by atoms with Gasteiger partial charge < -0.3 is 20.5 Å². The standard InChI is InChI=1S/C23H32N4O2.HI/c1-18-4-3-5-20(16-18)22(27-12-14-29-15-13-27)17-26-23(24)25-11-10-19-6-8-21(28-2)9-7-19;/h3-9,16,22H,10-15,17H2,1-2H3,(H3,24,25,26);1H.